The first-order valence-electron chi connectivity index (χ1n) is 6.11. The molecule has 2 rings (SSSR count). The van der Waals surface area contributed by atoms with Gasteiger partial charge >= 0.3 is 0 Å². The van der Waals surface area contributed by atoms with Crippen LogP contribution >= 0.6 is 0 Å². The normalized spacial score (nSPS) is 23.9. The van der Waals surface area contributed by atoms with Gasteiger partial charge in [-0.15, -0.1) is 0 Å². The van der Waals surface area contributed by atoms with Gasteiger partial charge in [-0.3, -0.25) is 4.55 Å². The van der Waals surface area contributed by atoms with Crippen LogP contribution in [0, 0.1) is 0 Å². The molecule has 102 valence electrons. The van der Waals surface area contributed by atoms with Gasteiger partial charge in [-0.2, -0.15) is 8.42 Å². The summed E-state index contributed by atoms with van der Waals surface area (Å²) < 4.78 is 25.9. The molecule has 2 atom stereocenters. The van der Waals surface area contributed by atoms with Gasteiger partial charge in [0.15, 0.2) is 0 Å². The molecule has 4 nitrogen and oxygen atoms in total. The molecule has 0 saturated heterocycles. The van der Waals surface area contributed by atoms with E-state index in [1.165, 1.54) is 31.2 Å². The van der Waals surface area contributed by atoms with Gasteiger partial charge in [0.05, 0.1) is 6.26 Å². The van der Waals surface area contributed by atoms with Gasteiger partial charge in [-0.25, -0.2) is 0 Å². The van der Waals surface area contributed by atoms with Crippen molar-refractivity contribution in [2.75, 3.05) is 6.26 Å². The van der Waals surface area contributed by atoms with Crippen molar-refractivity contribution >= 4 is 10.1 Å². The lowest BCUT2D eigenvalue weighted by Crippen LogP contribution is -2.31. The van der Waals surface area contributed by atoms with Gasteiger partial charge in [0.2, 0.25) is 0 Å². The first-order chi connectivity index (χ1) is 8.38. The molecule has 1 aromatic rings. The molecular formula is C13H21NO3S. The minimum absolute atomic E-state index is 0.385. The number of hydrogen-bond donors (Lipinski definition) is 2. The first kappa shape index (κ1) is 15.1. The van der Waals surface area contributed by atoms with Gasteiger partial charge in [-0.05, 0) is 24.3 Å². The van der Waals surface area contributed by atoms with Gasteiger partial charge in [0.1, 0.15) is 0 Å². The molecule has 1 fully saturated rings. The second-order valence-corrected chi connectivity index (χ2v) is 6.16. The number of benzene rings is 1. The van der Waals surface area contributed by atoms with Crippen LogP contribution < -0.4 is 5.73 Å². The van der Waals surface area contributed by atoms with Crippen LogP contribution in [0.1, 0.15) is 37.2 Å². The average Bonchev–Trinajstić information content (AvgIpc) is 2.29. The lowest BCUT2D eigenvalue weighted by atomic mass is 9.80. The Kier molecular flexibility index (Phi) is 5.78. The predicted octanol–water partition coefficient (Wildman–Crippen LogP) is 2.18. The van der Waals surface area contributed by atoms with E-state index in [4.69, 9.17) is 10.3 Å². The van der Waals surface area contributed by atoms with Crippen molar-refractivity contribution in [2.45, 2.75) is 37.6 Å². The van der Waals surface area contributed by atoms with Crippen LogP contribution in [0.5, 0.6) is 0 Å². The van der Waals surface area contributed by atoms with Crippen LogP contribution in [0.4, 0.5) is 0 Å². The fourth-order valence-corrected chi connectivity index (χ4v) is 2.27. The van der Waals surface area contributed by atoms with E-state index >= 15 is 0 Å². The lowest BCUT2D eigenvalue weighted by molar-refractivity contribution is 0.385. The van der Waals surface area contributed by atoms with Crippen molar-refractivity contribution in [2.24, 2.45) is 5.73 Å². The summed E-state index contributed by atoms with van der Waals surface area (Å²) in [4.78, 5) is 0. The molecule has 0 heterocycles. The quantitative estimate of drug-likeness (QED) is 0.767. The molecule has 0 bridgehead atoms. The summed E-state index contributed by atoms with van der Waals surface area (Å²) >= 11 is 0. The smallest absolute Gasteiger partial charge is 0.261 e. The highest BCUT2D eigenvalue weighted by atomic mass is 32.2. The molecule has 0 aromatic heterocycles. The Hall–Kier alpha value is -0.910. The summed E-state index contributed by atoms with van der Waals surface area (Å²) in [6.07, 6.45) is 5.83. The fraction of sp³-hybridized carbons (Fsp3) is 0.538. The summed E-state index contributed by atoms with van der Waals surface area (Å²) in [6, 6.07) is 11.1. The fourth-order valence-electron chi connectivity index (χ4n) is 2.27. The number of hydrogen-bond acceptors (Lipinski definition) is 3. The van der Waals surface area contributed by atoms with Crippen molar-refractivity contribution in [1.82, 2.24) is 0 Å². The Morgan fingerprint density at radius 1 is 1.17 bits per heavy atom. The highest BCUT2D eigenvalue weighted by Gasteiger charge is 2.22. The van der Waals surface area contributed by atoms with Crippen LogP contribution in [0.3, 0.4) is 0 Å². The topological polar surface area (TPSA) is 80.4 Å². The maximum Gasteiger partial charge on any atom is 0.261 e. The van der Waals surface area contributed by atoms with Gasteiger partial charge in [0.25, 0.3) is 10.1 Å². The molecule has 1 saturated carbocycles. The van der Waals surface area contributed by atoms with Crippen molar-refractivity contribution in [3.05, 3.63) is 35.9 Å². The van der Waals surface area contributed by atoms with E-state index in [9.17, 15) is 8.42 Å². The monoisotopic (exact) mass is 271 g/mol. The highest BCUT2D eigenvalue weighted by Crippen LogP contribution is 2.31. The second kappa shape index (κ2) is 6.87. The Labute approximate surface area is 109 Å². The predicted molar refractivity (Wildman–Crippen MR) is 73.1 cm³/mol. The van der Waals surface area contributed by atoms with E-state index in [0.717, 1.165) is 0 Å². The molecule has 0 radical (unpaired) electrons. The molecule has 1 aromatic carbocycles. The van der Waals surface area contributed by atoms with E-state index in [1.54, 1.807) is 0 Å². The van der Waals surface area contributed by atoms with E-state index in [2.05, 4.69) is 30.3 Å². The Morgan fingerprint density at radius 2 is 1.67 bits per heavy atom. The van der Waals surface area contributed by atoms with E-state index < -0.39 is 10.1 Å². The van der Waals surface area contributed by atoms with Crippen LogP contribution in [0.2, 0.25) is 0 Å². The van der Waals surface area contributed by atoms with Crippen molar-refractivity contribution in [3.8, 4) is 0 Å². The van der Waals surface area contributed by atoms with Crippen molar-refractivity contribution < 1.29 is 13.0 Å². The zero-order valence-corrected chi connectivity index (χ0v) is 11.4. The van der Waals surface area contributed by atoms with Gasteiger partial charge < -0.3 is 5.73 Å². The highest BCUT2D eigenvalue weighted by molar-refractivity contribution is 7.85. The first-order valence-corrected chi connectivity index (χ1v) is 7.95. The minimum Gasteiger partial charge on any atom is -0.327 e. The molecule has 5 heteroatoms. The molecule has 1 aliphatic carbocycles. The Bertz CT molecular complexity index is 437. The van der Waals surface area contributed by atoms with Crippen LogP contribution in [0.15, 0.2) is 30.3 Å². The lowest BCUT2D eigenvalue weighted by Gasteiger charge is -2.28. The Morgan fingerprint density at radius 3 is 2.17 bits per heavy atom. The minimum atomic E-state index is -3.67. The maximum absolute atomic E-state index is 9.19. The van der Waals surface area contributed by atoms with Crippen molar-refractivity contribution in [3.63, 3.8) is 0 Å². The van der Waals surface area contributed by atoms with Crippen LogP contribution in [-0.2, 0) is 10.1 Å². The zero-order valence-electron chi connectivity index (χ0n) is 10.6. The molecule has 1 aliphatic rings. The molecule has 0 unspecified atom stereocenters. The van der Waals surface area contributed by atoms with Gasteiger partial charge in [-0.1, -0.05) is 43.2 Å². The standard InChI is InChI=1S/C12H17N.CH4O3S/c13-12-9-5-4-8-11(12)10-6-2-1-3-7-10;1-5(2,3)4/h1-3,6-7,11-12H,4-5,8-9,13H2;1H3,(H,2,3,4)/t11-,12+;/m0./s1. The third-order valence-electron chi connectivity index (χ3n) is 3.05. The molecule has 18 heavy (non-hydrogen) atoms. The SMILES string of the molecule is CS(=O)(=O)O.N[C@@H]1CCCC[C@H]1c1ccccc1. The third kappa shape index (κ3) is 6.14. The van der Waals surface area contributed by atoms with Crippen LogP contribution in [-0.4, -0.2) is 25.3 Å². The average molecular weight is 271 g/mol. The molecular weight excluding hydrogens is 250 g/mol. The summed E-state index contributed by atoms with van der Waals surface area (Å²) in [5, 5.41) is 0. The van der Waals surface area contributed by atoms with Gasteiger partial charge in [0, 0.05) is 6.04 Å². The summed E-state index contributed by atoms with van der Waals surface area (Å²) in [5.74, 6) is 0.606. The van der Waals surface area contributed by atoms with Crippen molar-refractivity contribution in [1.29, 1.82) is 0 Å². The van der Waals surface area contributed by atoms with E-state index in [1.807, 2.05) is 0 Å². The summed E-state index contributed by atoms with van der Waals surface area (Å²) in [5.41, 5.74) is 7.54. The van der Waals surface area contributed by atoms with E-state index in [0.29, 0.717) is 18.2 Å². The van der Waals surface area contributed by atoms with Crippen LogP contribution in [0.25, 0.3) is 0 Å². The zero-order chi connectivity index (χ0) is 13.6. The molecule has 3 N–H and O–H groups in total. The third-order valence-corrected chi connectivity index (χ3v) is 3.05. The Balaban J connectivity index is 0.000000280. The number of rotatable bonds is 1. The number of nitrogens with two attached hydrogens (primary N) is 1. The summed E-state index contributed by atoms with van der Waals surface area (Å²) in [7, 11) is -3.67. The molecule has 0 amide bonds. The second-order valence-electron chi connectivity index (χ2n) is 4.70. The molecule has 0 spiro atoms. The maximum atomic E-state index is 9.19. The summed E-state index contributed by atoms with van der Waals surface area (Å²) in [6.45, 7) is 0. The largest absolute Gasteiger partial charge is 0.327 e. The van der Waals surface area contributed by atoms with E-state index in [-0.39, 0.29) is 0 Å². The molecule has 0 aliphatic heterocycles.